The average Bonchev–Trinajstić information content (AvgIpc) is 2.73. The van der Waals surface area contributed by atoms with E-state index in [-0.39, 0.29) is 12.3 Å². The molecule has 184 valence electrons. The summed E-state index contributed by atoms with van der Waals surface area (Å²) in [4.78, 5) is 39.2. The Morgan fingerprint density at radius 3 is 2.27 bits per heavy atom. The number of nitrogens with two attached hydrogens (primary N) is 1. The second-order valence-corrected chi connectivity index (χ2v) is 9.65. The number of esters is 1. The Balaban J connectivity index is 2.05. The van der Waals surface area contributed by atoms with Gasteiger partial charge in [0.05, 0.1) is 19.3 Å². The van der Waals surface area contributed by atoms with E-state index in [4.69, 9.17) is 19.9 Å². The van der Waals surface area contributed by atoms with Gasteiger partial charge in [-0.2, -0.15) is 0 Å². The van der Waals surface area contributed by atoms with Gasteiger partial charge in [0.2, 0.25) is 5.91 Å². The van der Waals surface area contributed by atoms with E-state index in [0.717, 1.165) is 5.56 Å². The number of hydrogen-bond acceptors (Lipinski definition) is 7. The molecule has 1 fully saturated rings. The first kappa shape index (κ1) is 26.6. The summed E-state index contributed by atoms with van der Waals surface area (Å²) in [6.45, 7) is 11.2. The van der Waals surface area contributed by atoms with Gasteiger partial charge in [0, 0.05) is 19.5 Å². The molecule has 0 aromatic heterocycles. The number of benzene rings is 1. The molecule has 2 rings (SSSR count). The zero-order valence-electron chi connectivity index (χ0n) is 20.3. The van der Waals surface area contributed by atoms with Crippen LogP contribution in [0.15, 0.2) is 24.3 Å². The van der Waals surface area contributed by atoms with Gasteiger partial charge in [-0.05, 0) is 50.8 Å². The molecule has 1 aliphatic rings. The third kappa shape index (κ3) is 9.39. The van der Waals surface area contributed by atoms with E-state index in [2.05, 4.69) is 5.32 Å². The van der Waals surface area contributed by atoms with Crippen molar-refractivity contribution >= 4 is 18.0 Å². The summed E-state index contributed by atoms with van der Waals surface area (Å²) in [5, 5.41) is 2.74. The van der Waals surface area contributed by atoms with Crippen LogP contribution in [0.3, 0.4) is 0 Å². The summed E-state index contributed by atoms with van der Waals surface area (Å²) in [7, 11) is 0. The molecule has 1 aromatic carbocycles. The average molecular weight is 464 g/mol. The van der Waals surface area contributed by atoms with Crippen molar-refractivity contribution in [3.8, 4) is 5.75 Å². The third-order valence-electron chi connectivity index (χ3n) is 4.91. The van der Waals surface area contributed by atoms with Crippen molar-refractivity contribution in [1.29, 1.82) is 0 Å². The zero-order chi connectivity index (χ0) is 24.6. The minimum absolute atomic E-state index is 0.215. The molecule has 1 saturated heterocycles. The van der Waals surface area contributed by atoms with Gasteiger partial charge in [0.1, 0.15) is 17.4 Å². The first-order valence-electron chi connectivity index (χ1n) is 11.4. The number of ether oxygens (including phenoxy) is 3. The Hall–Kier alpha value is -2.65. The second-order valence-electron chi connectivity index (χ2n) is 9.65. The van der Waals surface area contributed by atoms with Crippen molar-refractivity contribution in [3.63, 3.8) is 0 Å². The number of rotatable bonds is 8. The quantitative estimate of drug-likeness (QED) is 0.567. The van der Waals surface area contributed by atoms with Crippen LogP contribution in [0.4, 0.5) is 4.79 Å². The first-order chi connectivity index (χ1) is 15.4. The molecule has 1 aromatic rings. The predicted molar refractivity (Wildman–Crippen MR) is 124 cm³/mol. The molecule has 2 amide bonds. The number of carbonyl (C=O) groups is 3. The van der Waals surface area contributed by atoms with Crippen molar-refractivity contribution in [3.05, 3.63) is 29.8 Å². The smallest absolute Gasteiger partial charge is 0.415 e. The van der Waals surface area contributed by atoms with Gasteiger partial charge in [0.15, 0.2) is 0 Å². The van der Waals surface area contributed by atoms with Crippen LogP contribution < -0.4 is 15.8 Å². The van der Waals surface area contributed by atoms with E-state index in [9.17, 15) is 14.4 Å². The topological polar surface area (TPSA) is 120 Å². The molecule has 2 atom stereocenters. The van der Waals surface area contributed by atoms with Gasteiger partial charge in [-0.25, -0.2) is 9.59 Å². The van der Waals surface area contributed by atoms with E-state index in [1.54, 1.807) is 49.9 Å². The van der Waals surface area contributed by atoms with E-state index >= 15 is 0 Å². The molecule has 3 N–H and O–H groups in total. The van der Waals surface area contributed by atoms with Gasteiger partial charge in [-0.3, -0.25) is 4.79 Å². The number of hydrogen-bond donors (Lipinski definition) is 2. The first-order valence-corrected chi connectivity index (χ1v) is 11.4. The summed E-state index contributed by atoms with van der Waals surface area (Å²) in [5.41, 5.74) is 6.07. The van der Waals surface area contributed by atoms with Crippen molar-refractivity contribution < 1.29 is 28.6 Å². The highest BCUT2D eigenvalue weighted by atomic mass is 16.6. The van der Waals surface area contributed by atoms with Crippen LogP contribution in [0.25, 0.3) is 0 Å². The number of carbonyl (C=O) groups excluding carboxylic acids is 3. The largest absolute Gasteiger partial charge is 0.458 e. The highest BCUT2D eigenvalue weighted by Gasteiger charge is 2.29. The Bertz CT molecular complexity index is 797. The molecule has 0 unspecified atom stereocenters. The molecule has 9 heteroatoms. The zero-order valence-corrected chi connectivity index (χ0v) is 20.3. The Labute approximate surface area is 195 Å². The minimum Gasteiger partial charge on any atom is -0.458 e. The maximum absolute atomic E-state index is 12.8. The van der Waals surface area contributed by atoms with Crippen molar-refractivity contribution in [2.45, 2.75) is 65.1 Å². The lowest BCUT2D eigenvalue weighted by atomic mass is 10.0. The molecule has 0 spiro atoms. The SMILES string of the molecule is CC(C)C[C@H](N)C(=O)N[C@@H](Cc1ccc(OC(=O)N2CCOCC2)cc1)C(=O)OC(C)(C)C. The molecule has 33 heavy (non-hydrogen) atoms. The highest BCUT2D eigenvalue weighted by Crippen LogP contribution is 2.17. The standard InChI is InChI=1S/C24H37N3O6/c1-16(2)14-19(25)21(28)26-20(22(29)33-24(3,4)5)15-17-6-8-18(9-7-17)32-23(30)27-10-12-31-13-11-27/h6-9,16,19-20H,10-15,25H2,1-5H3,(H,26,28)/t19-,20-/m0/s1. The van der Waals surface area contributed by atoms with Crippen molar-refractivity contribution in [2.24, 2.45) is 11.7 Å². The van der Waals surface area contributed by atoms with E-state index in [1.807, 2.05) is 13.8 Å². The molecule has 9 nitrogen and oxygen atoms in total. The number of nitrogens with zero attached hydrogens (tertiary/aromatic N) is 1. The van der Waals surface area contributed by atoms with Crippen LogP contribution in [0.5, 0.6) is 5.75 Å². The van der Waals surface area contributed by atoms with E-state index in [1.165, 1.54) is 0 Å². The van der Waals surface area contributed by atoms with Crippen LogP contribution in [0.2, 0.25) is 0 Å². The molecule has 0 radical (unpaired) electrons. The third-order valence-corrected chi connectivity index (χ3v) is 4.91. The maximum atomic E-state index is 12.8. The van der Waals surface area contributed by atoms with Gasteiger partial charge in [-0.15, -0.1) is 0 Å². The fourth-order valence-corrected chi connectivity index (χ4v) is 3.30. The predicted octanol–water partition coefficient (Wildman–Crippen LogP) is 2.26. The van der Waals surface area contributed by atoms with Gasteiger partial charge >= 0.3 is 12.1 Å². The number of morpholine rings is 1. The molecule has 0 saturated carbocycles. The minimum atomic E-state index is -0.892. The monoisotopic (exact) mass is 463 g/mol. The maximum Gasteiger partial charge on any atom is 0.415 e. The summed E-state index contributed by atoms with van der Waals surface area (Å²) >= 11 is 0. The Morgan fingerprint density at radius 1 is 1.12 bits per heavy atom. The Kier molecular flexibility index (Phi) is 9.67. The van der Waals surface area contributed by atoms with Crippen LogP contribution in [-0.2, 0) is 25.5 Å². The molecule has 1 heterocycles. The summed E-state index contributed by atoms with van der Waals surface area (Å²) in [6, 6.07) is 5.21. The number of nitrogens with one attached hydrogen (secondary N) is 1. The lowest BCUT2D eigenvalue weighted by Gasteiger charge is -2.26. The van der Waals surface area contributed by atoms with E-state index in [0.29, 0.717) is 38.5 Å². The fourth-order valence-electron chi connectivity index (χ4n) is 3.30. The van der Waals surface area contributed by atoms with Crippen LogP contribution in [-0.4, -0.2) is 66.9 Å². The summed E-state index contributed by atoms with van der Waals surface area (Å²) in [6.07, 6.45) is 0.298. The molecular weight excluding hydrogens is 426 g/mol. The molecule has 0 aliphatic carbocycles. The summed E-state index contributed by atoms with van der Waals surface area (Å²) < 4.78 is 16.1. The molecule has 0 bridgehead atoms. The molecular formula is C24H37N3O6. The second kappa shape index (κ2) is 12.0. The van der Waals surface area contributed by atoms with Crippen LogP contribution >= 0.6 is 0 Å². The normalized spacial score (nSPS) is 16.2. The fraction of sp³-hybridized carbons (Fsp3) is 0.625. The highest BCUT2D eigenvalue weighted by molar-refractivity contribution is 5.87. The van der Waals surface area contributed by atoms with Crippen molar-refractivity contribution in [2.75, 3.05) is 26.3 Å². The number of amides is 2. The van der Waals surface area contributed by atoms with Crippen LogP contribution in [0, 0.1) is 5.92 Å². The van der Waals surface area contributed by atoms with Crippen molar-refractivity contribution in [1.82, 2.24) is 10.2 Å². The lowest BCUT2D eigenvalue weighted by molar-refractivity contribution is -0.158. The van der Waals surface area contributed by atoms with E-state index < -0.39 is 35.7 Å². The van der Waals surface area contributed by atoms with Gasteiger partial charge in [0.25, 0.3) is 0 Å². The molecule has 1 aliphatic heterocycles. The van der Waals surface area contributed by atoms with Gasteiger partial charge < -0.3 is 30.2 Å². The Morgan fingerprint density at radius 2 is 1.73 bits per heavy atom. The van der Waals surface area contributed by atoms with Gasteiger partial charge in [-0.1, -0.05) is 26.0 Å². The summed E-state index contributed by atoms with van der Waals surface area (Å²) in [5.74, 6) is -0.281. The lowest BCUT2D eigenvalue weighted by Crippen LogP contribution is -2.51. The van der Waals surface area contributed by atoms with Crippen LogP contribution in [0.1, 0.15) is 46.6 Å².